The third-order valence-corrected chi connectivity index (χ3v) is 21.8. The zero-order valence-electron chi connectivity index (χ0n) is 12.8. The first kappa shape index (κ1) is 14.8. The van der Waals surface area contributed by atoms with Crippen molar-refractivity contribution in [1.82, 2.24) is 0 Å². The van der Waals surface area contributed by atoms with Crippen molar-refractivity contribution in [2.75, 3.05) is 0 Å². The van der Waals surface area contributed by atoms with E-state index < -0.39 is 21.8 Å². The summed E-state index contributed by atoms with van der Waals surface area (Å²) in [5.74, 6) is 0. The Morgan fingerprint density at radius 3 is 0.895 bits per heavy atom. The molecule has 3 aliphatic carbocycles. The van der Waals surface area contributed by atoms with Crippen molar-refractivity contribution in [3.05, 3.63) is 0 Å². The average molecular weight is 458 g/mol. The third kappa shape index (κ3) is 3.96. The molecule has 3 aliphatic rings. The van der Waals surface area contributed by atoms with Gasteiger partial charge in [-0.1, -0.05) is 0 Å². The summed E-state index contributed by atoms with van der Waals surface area (Å²) < 4.78 is 3.99. The van der Waals surface area contributed by atoms with Crippen molar-refractivity contribution in [2.24, 2.45) is 0 Å². The summed E-state index contributed by atoms with van der Waals surface area (Å²) in [7, 11) is 0. The molecule has 3 fully saturated rings. The van der Waals surface area contributed by atoms with E-state index in [2.05, 4.69) is 0 Å². The molecule has 0 atom stereocenters. The molecule has 0 aliphatic heterocycles. The van der Waals surface area contributed by atoms with Crippen LogP contribution >= 0.6 is 0 Å². The fraction of sp³-hybridized carbons (Fsp3) is 1.00. The Hall–Kier alpha value is 0.883. The summed E-state index contributed by atoms with van der Waals surface area (Å²) in [6, 6.07) is 0. The molecule has 0 spiro atoms. The van der Waals surface area contributed by atoms with Gasteiger partial charge in [0.15, 0.2) is 0 Å². The summed E-state index contributed by atoms with van der Waals surface area (Å²) in [6.07, 6.45) is 24.3. The SMILES string of the molecule is C1CC[CH]([Bi]([CH]2CCCCC2)[CH]2CCCCC2)CC1. The molecular weight excluding hydrogens is 425 g/mol. The van der Waals surface area contributed by atoms with Crippen LogP contribution in [0.4, 0.5) is 0 Å². The fourth-order valence-corrected chi connectivity index (χ4v) is 23.2. The van der Waals surface area contributed by atoms with Crippen molar-refractivity contribution in [1.29, 1.82) is 0 Å². The van der Waals surface area contributed by atoms with Gasteiger partial charge >= 0.3 is 129 Å². The Labute approximate surface area is 128 Å². The van der Waals surface area contributed by atoms with Gasteiger partial charge in [0.2, 0.25) is 0 Å². The van der Waals surface area contributed by atoms with E-state index in [0.717, 1.165) is 0 Å². The van der Waals surface area contributed by atoms with Crippen LogP contribution in [0.2, 0.25) is 10.9 Å². The van der Waals surface area contributed by atoms with Crippen molar-refractivity contribution >= 4 is 21.8 Å². The summed E-state index contributed by atoms with van der Waals surface area (Å²) in [4.78, 5) is 0. The summed E-state index contributed by atoms with van der Waals surface area (Å²) in [5, 5.41) is 0. The van der Waals surface area contributed by atoms with Crippen LogP contribution in [0.15, 0.2) is 0 Å². The maximum absolute atomic E-state index is 1.67. The van der Waals surface area contributed by atoms with E-state index in [4.69, 9.17) is 0 Å². The van der Waals surface area contributed by atoms with E-state index >= 15 is 0 Å². The first-order valence-corrected chi connectivity index (χ1v) is 15.2. The number of rotatable bonds is 3. The zero-order valence-corrected chi connectivity index (χ0v) is 16.3. The Morgan fingerprint density at radius 1 is 0.368 bits per heavy atom. The molecule has 19 heavy (non-hydrogen) atoms. The zero-order chi connectivity index (χ0) is 12.9. The Bertz CT molecular complexity index is 202. The van der Waals surface area contributed by atoms with Crippen LogP contribution in [0.1, 0.15) is 96.3 Å². The van der Waals surface area contributed by atoms with Gasteiger partial charge in [-0.05, 0) is 0 Å². The summed E-state index contributed by atoms with van der Waals surface area (Å²) in [6.45, 7) is 0. The van der Waals surface area contributed by atoms with Crippen LogP contribution in [0.3, 0.4) is 0 Å². The van der Waals surface area contributed by atoms with Crippen LogP contribution in [0.25, 0.3) is 0 Å². The van der Waals surface area contributed by atoms with Gasteiger partial charge in [0, 0.05) is 0 Å². The number of hydrogen-bond acceptors (Lipinski definition) is 0. The first-order chi connectivity index (χ1) is 9.45. The Balaban J connectivity index is 1.68. The molecule has 0 N–H and O–H groups in total. The molecule has 3 rings (SSSR count). The van der Waals surface area contributed by atoms with Crippen LogP contribution in [-0.4, -0.2) is 21.8 Å². The topological polar surface area (TPSA) is 0 Å². The molecular formula is C18H33Bi. The van der Waals surface area contributed by atoms with Crippen LogP contribution in [0, 0.1) is 0 Å². The first-order valence-electron chi connectivity index (χ1n) is 9.22. The molecule has 0 aromatic carbocycles. The molecule has 110 valence electrons. The van der Waals surface area contributed by atoms with E-state index in [1.807, 2.05) is 0 Å². The Kier molecular flexibility index (Phi) is 6.05. The maximum atomic E-state index is 1.67. The van der Waals surface area contributed by atoms with Gasteiger partial charge in [0.1, 0.15) is 0 Å². The van der Waals surface area contributed by atoms with E-state index in [0.29, 0.717) is 0 Å². The molecule has 1 heteroatoms. The molecule has 3 saturated carbocycles. The van der Waals surface area contributed by atoms with Gasteiger partial charge in [-0.2, -0.15) is 0 Å². The predicted octanol–water partition coefficient (Wildman–Crippen LogP) is 6.48. The Morgan fingerprint density at radius 2 is 0.632 bits per heavy atom. The van der Waals surface area contributed by atoms with E-state index in [1.165, 1.54) is 10.9 Å². The van der Waals surface area contributed by atoms with Gasteiger partial charge in [-0.3, -0.25) is 0 Å². The number of hydrogen-bond donors (Lipinski definition) is 0. The molecule has 0 aromatic heterocycles. The second kappa shape index (κ2) is 7.77. The molecule has 0 unspecified atom stereocenters. The van der Waals surface area contributed by atoms with Crippen molar-refractivity contribution in [3.63, 3.8) is 0 Å². The molecule has 0 aromatic rings. The molecule has 0 bridgehead atoms. The average Bonchev–Trinajstić information content (AvgIpc) is 2.51. The molecule has 0 heterocycles. The van der Waals surface area contributed by atoms with Crippen LogP contribution in [-0.2, 0) is 0 Å². The van der Waals surface area contributed by atoms with E-state index in [1.54, 1.807) is 96.3 Å². The van der Waals surface area contributed by atoms with Gasteiger partial charge in [0.05, 0.1) is 0 Å². The van der Waals surface area contributed by atoms with E-state index in [-0.39, 0.29) is 0 Å². The molecule has 0 nitrogen and oxygen atoms in total. The van der Waals surface area contributed by atoms with Gasteiger partial charge in [-0.15, -0.1) is 0 Å². The summed E-state index contributed by atoms with van der Waals surface area (Å²) in [5.41, 5.74) is 0. The van der Waals surface area contributed by atoms with Gasteiger partial charge in [-0.25, -0.2) is 0 Å². The monoisotopic (exact) mass is 458 g/mol. The predicted molar refractivity (Wildman–Crippen MR) is 86.3 cm³/mol. The second-order valence-corrected chi connectivity index (χ2v) is 19.3. The molecule has 0 radical (unpaired) electrons. The van der Waals surface area contributed by atoms with Crippen LogP contribution in [0.5, 0.6) is 0 Å². The normalized spacial score (nSPS) is 28.9. The second-order valence-electron chi connectivity index (χ2n) is 7.32. The quantitative estimate of drug-likeness (QED) is 0.425. The molecule has 0 saturated heterocycles. The van der Waals surface area contributed by atoms with Crippen molar-refractivity contribution in [2.45, 2.75) is 107 Å². The molecule has 0 amide bonds. The van der Waals surface area contributed by atoms with Gasteiger partial charge < -0.3 is 0 Å². The van der Waals surface area contributed by atoms with Crippen LogP contribution < -0.4 is 0 Å². The minimum atomic E-state index is -1.23. The van der Waals surface area contributed by atoms with E-state index in [9.17, 15) is 0 Å². The summed E-state index contributed by atoms with van der Waals surface area (Å²) >= 11 is -1.23. The fourth-order valence-electron chi connectivity index (χ4n) is 5.03. The minimum absolute atomic E-state index is 1.23. The standard InChI is InChI=1S/3C6H11.Bi/c3*1-2-4-6-5-3-1;/h3*1H,2-6H2;. The van der Waals surface area contributed by atoms with Crippen molar-refractivity contribution in [3.8, 4) is 0 Å². The third-order valence-electron chi connectivity index (χ3n) is 5.99. The van der Waals surface area contributed by atoms with Crippen molar-refractivity contribution < 1.29 is 0 Å². The van der Waals surface area contributed by atoms with Gasteiger partial charge in [0.25, 0.3) is 0 Å².